The number of hydrogen-bond donors (Lipinski definition) is 1. The van der Waals surface area contributed by atoms with Crippen LogP contribution in [0.2, 0.25) is 0 Å². The molecule has 0 saturated carbocycles. The van der Waals surface area contributed by atoms with Crippen LogP contribution >= 0.6 is 0 Å². The number of hydrogen-bond acceptors (Lipinski definition) is 6. The van der Waals surface area contributed by atoms with Gasteiger partial charge in [-0.15, -0.1) is 0 Å². The summed E-state index contributed by atoms with van der Waals surface area (Å²) in [6.07, 6.45) is 3.17. The first-order chi connectivity index (χ1) is 16.9. The number of morpholine rings is 1. The van der Waals surface area contributed by atoms with Crippen molar-refractivity contribution in [3.05, 3.63) is 52.8 Å². The molecule has 3 heterocycles. The highest BCUT2D eigenvalue weighted by Crippen LogP contribution is 2.38. The van der Waals surface area contributed by atoms with E-state index < -0.39 is 5.82 Å². The van der Waals surface area contributed by atoms with E-state index in [1.807, 2.05) is 31.2 Å². The minimum Gasteiger partial charge on any atom is -0.493 e. The van der Waals surface area contributed by atoms with Crippen LogP contribution in [0.4, 0.5) is 14.9 Å². The number of hydrazone groups is 1. The molecule has 2 amide bonds. The molecule has 1 N–H and O–H groups in total. The van der Waals surface area contributed by atoms with Crippen LogP contribution in [0.5, 0.6) is 11.5 Å². The number of halogens is 1. The van der Waals surface area contributed by atoms with Crippen LogP contribution < -0.4 is 19.7 Å². The van der Waals surface area contributed by atoms with Gasteiger partial charge in [-0.05, 0) is 49.9 Å². The zero-order valence-electron chi connectivity index (χ0n) is 20.5. The van der Waals surface area contributed by atoms with Gasteiger partial charge in [-0.1, -0.05) is 12.1 Å². The van der Waals surface area contributed by atoms with Gasteiger partial charge in [-0.3, -0.25) is 0 Å². The summed E-state index contributed by atoms with van der Waals surface area (Å²) in [6.45, 7) is 3.62. The number of ether oxygens (including phenoxy) is 3. The average molecular weight is 483 g/mol. The van der Waals surface area contributed by atoms with Crippen molar-refractivity contribution in [1.82, 2.24) is 10.3 Å². The molecule has 0 aromatic heterocycles. The van der Waals surface area contributed by atoms with Gasteiger partial charge in [0, 0.05) is 37.0 Å². The number of urea groups is 1. The van der Waals surface area contributed by atoms with Gasteiger partial charge in [0.15, 0.2) is 17.3 Å². The molecule has 3 aliphatic heterocycles. The summed E-state index contributed by atoms with van der Waals surface area (Å²) in [5.74, 6) is -0.234. The molecule has 3 aliphatic rings. The highest BCUT2D eigenvalue weighted by Gasteiger charge is 2.34. The Labute approximate surface area is 204 Å². The Bertz CT molecular complexity index is 1140. The Kier molecular flexibility index (Phi) is 6.27. The molecule has 2 saturated heterocycles. The highest BCUT2D eigenvalue weighted by molar-refractivity contribution is 6.15. The second-order valence-electron chi connectivity index (χ2n) is 9.27. The van der Waals surface area contributed by atoms with E-state index in [1.165, 1.54) is 19.2 Å². The lowest BCUT2D eigenvalue weighted by atomic mass is 9.93. The Morgan fingerprint density at radius 3 is 2.43 bits per heavy atom. The fraction of sp³-hybridized carbons (Fsp3) is 0.462. The van der Waals surface area contributed by atoms with E-state index in [0.717, 1.165) is 31.6 Å². The first-order valence-electron chi connectivity index (χ1n) is 12.0. The molecule has 9 heteroatoms. The number of amides is 2. The third kappa shape index (κ3) is 4.18. The first-order valence-corrected chi connectivity index (χ1v) is 12.0. The number of methoxy groups -OCH3 is 2. The third-order valence-electron chi connectivity index (χ3n) is 7.04. The standard InChI is InChI=1S/C26H31FN4O4/c1-15-11-17-12-21(33-3)25(34-4)23(27)22(17)24(29-31(15)26(32)28-2)16-5-7-18(8-6-16)30-13-19-9-10-20(14-30)35-19/h5-8,12,15,19-20H,9-11,13-14H2,1-4H3,(H,28,32). The van der Waals surface area contributed by atoms with Gasteiger partial charge in [-0.25, -0.2) is 14.2 Å². The third-order valence-corrected chi connectivity index (χ3v) is 7.04. The summed E-state index contributed by atoms with van der Waals surface area (Å²) in [4.78, 5) is 15.0. The predicted octanol–water partition coefficient (Wildman–Crippen LogP) is 3.55. The molecule has 0 spiro atoms. The number of fused-ring (bicyclic) bond motifs is 3. The molecule has 3 unspecified atom stereocenters. The molecule has 2 bridgehead atoms. The minimum absolute atomic E-state index is 0.0143. The number of nitrogens with one attached hydrogen (secondary N) is 1. The molecule has 8 nitrogen and oxygen atoms in total. The van der Waals surface area contributed by atoms with E-state index in [9.17, 15) is 4.79 Å². The van der Waals surface area contributed by atoms with Gasteiger partial charge in [0.2, 0.25) is 0 Å². The lowest BCUT2D eigenvalue weighted by Crippen LogP contribution is -2.42. The number of benzene rings is 2. The zero-order chi connectivity index (χ0) is 24.7. The van der Waals surface area contributed by atoms with Crippen LogP contribution in [-0.4, -0.2) is 69.4 Å². The average Bonchev–Trinajstić information content (AvgIpc) is 3.13. The van der Waals surface area contributed by atoms with Gasteiger partial charge < -0.3 is 24.4 Å². The molecular formula is C26H31FN4O4. The van der Waals surface area contributed by atoms with Gasteiger partial charge in [0.05, 0.1) is 32.5 Å². The fourth-order valence-corrected chi connectivity index (χ4v) is 5.30. The van der Waals surface area contributed by atoms with Crippen molar-refractivity contribution >= 4 is 17.4 Å². The quantitative estimate of drug-likeness (QED) is 0.722. The van der Waals surface area contributed by atoms with Crippen molar-refractivity contribution in [3.8, 4) is 11.5 Å². The maximum atomic E-state index is 15.9. The molecule has 0 radical (unpaired) electrons. The van der Waals surface area contributed by atoms with E-state index in [0.29, 0.717) is 34.6 Å². The number of anilines is 1. The van der Waals surface area contributed by atoms with Crippen molar-refractivity contribution in [2.24, 2.45) is 5.10 Å². The Morgan fingerprint density at radius 1 is 1.14 bits per heavy atom. The molecule has 35 heavy (non-hydrogen) atoms. The molecule has 3 atom stereocenters. The lowest BCUT2D eigenvalue weighted by molar-refractivity contribution is 0.0305. The van der Waals surface area contributed by atoms with E-state index >= 15 is 4.39 Å². The summed E-state index contributed by atoms with van der Waals surface area (Å²) in [6, 6.07) is 9.04. The van der Waals surface area contributed by atoms with Gasteiger partial charge in [0.25, 0.3) is 0 Å². The molecule has 2 fully saturated rings. The molecule has 5 rings (SSSR count). The van der Waals surface area contributed by atoms with Crippen molar-refractivity contribution < 1.29 is 23.4 Å². The molecule has 186 valence electrons. The van der Waals surface area contributed by atoms with Gasteiger partial charge >= 0.3 is 6.03 Å². The van der Waals surface area contributed by atoms with Crippen molar-refractivity contribution in [1.29, 1.82) is 0 Å². The maximum absolute atomic E-state index is 15.9. The van der Waals surface area contributed by atoms with Crippen LogP contribution in [0.3, 0.4) is 0 Å². The van der Waals surface area contributed by atoms with Crippen molar-refractivity contribution in [2.75, 3.05) is 39.3 Å². The van der Waals surface area contributed by atoms with Crippen LogP contribution in [0.1, 0.15) is 36.5 Å². The second kappa shape index (κ2) is 9.37. The Hall–Kier alpha value is -3.33. The van der Waals surface area contributed by atoms with E-state index in [4.69, 9.17) is 14.2 Å². The normalized spacial score (nSPS) is 23.3. The van der Waals surface area contributed by atoms with E-state index in [2.05, 4.69) is 15.3 Å². The summed E-state index contributed by atoms with van der Waals surface area (Å²) in [5.41, 5.74) is 3.19. The number of rotatable bonds is 4. The number of nitrogens with zero attached hydrogens (tertiary/aromatic N) is 3. The summed E-state index contributed by atoms with van der Waals surface area (Å²) in [7, 11) is 4.44. The van der Waals surface area contributed by atoms with E-state index in [-0.39, 0.29) is 30.0 Å². The van der Waals surface area contributed by atoms with Crippen molar-refractivity contribution in [2.45, 2.75) is 44.4 Å². The monoisotopic (exact) mass is 482 g/mol. The van der Waals surface area contributed by atoms with Crippen LogP contribution in [0.25, 0.3) is 0 Å². The SMILES string of the molecule is CNC(=O)N1N=C(c2ccc(N3CC4CCC(C3)O4)cc2)c2c(cc(OC)c(OC)c2F)CC1C. The molecule has 2 aromatic carbocycles. The lowest BCUT2D eigenvalue weighted by Gasteiger charge is -2.34. The largest absolute Gasteiger partial charge is 0.493 e. The Balaban J connectivity index is 1.59. The minimum atomic E-state index is -0.555. The van der Waals surface area contributed by atoms with Crippen LogP contribution in [0, 0.1) is 5.82 Å². The van der Waals surface area contributed by atoms with Crippen LogP contribution in [-0.2, 0) is 11.2 Å². The summed E-state index contributed by atoms with van der Waals surface area (Å²) < 4.78 is 32.6. The van der Waals surface area contributed by atoms with Gasteiger partial charge in [0.1, 0.15) is 5.71 Å². The van der Waals surface area contributed by atoms with E-state index in [1.54, 1.807) is 13.1 Å². The summed E-state index contributed by atoms with van der Waals surface area (Å²) >= 11 is 0. The molecule has 2 aromatic rings. The molecular weight excluding hydrogens is 451 g/mol. The van der Waals surface area contributed by atoms with Crippen LogP contribution in [0.15, 0.2) is 35.4 Å². The van der Waals surface area contributed by atoms with Gasteiger partial charge in [-0.2, -0.15) is 5.10 Å². The number of carbonyl (C=O) groups excluding carboxylic acids is 1. The highest BCUT2D eigenvalue weighted by atomic mass is 19.1. The summed E-state index contributed by atoms with van der Waals surface area (Å²) in [5, 5.41) is 8.69. The maximum Gasteiger partial charge on any atom is 0.337 e. The Morgan fingerprint density at radius 2 is 1.83 bits per heavy atom. The fourth-order valence-electron chi connectivity index (χ4n) is 5.30. The predicted molar refractivity (Wildman–Crippen MR) is 131 cm³/mol. The topological polar surface area (TPSA) is 75.6 Å². The second-order valence-corrected chi connectivity index (χ2v) is 9.27. The first kappa shape index (κ1) is 23.4. The zero-order valence-corrected chi connectivity index (χ0v) is 20.5. The smallest absolute Gasteiger partial charge is 0.337 e. The number of carbonyl (C=O) groups is 1. The van der Waals surface area contributed by atoms with Crippen molar-refractivity contribution in [3.63, 3.8) is 0 Å². The molecule has 0 aliphatic carbocycles.